The van der Waals surface area contributed by atoms with Gasteiger partial charge in [-0.25, -0.2) is 4.79 Å². The Morgan fingerprint density at radius 3 is 2.29 bits per heavy atom. The van der Waals surface area contributed by atoms with Gasteiger partial charge in [-0.3, -0.25) is 0 Å². The van der Waals surface area contributed by atoms with Gasteiger partial charge in [0.05, 0.1) is 0 Å². The Labute approximate surface area is 128 Å². The molecule has 118 valence electrons. The van der Waals surface area contributed by atoms with Crippen molar-refractivity contribution in [2.45, 2.75) is 59.2 Å². The summed E-state index contributed by atoms with van der Waals surface area (Å²) in [6.07, 6.45) is -0.376. The van der Waals surface area contributed by atoms with Gasteiger partial charge in [-0.2, -0.15) is 0 Å². The van der Waals surface area contributed by atoms with Gasteiger partial charge in [0.15, 0.2) is 0 Å². The van der Waals surface area contributed by atoms with Gasteiger partial charge in [0.25, 0.3) is 0 Å². The summed E-state index contributed by atoms with van der Waals surface area (Å²) in [5.41, 5.74) is 2.03. The Morgan fingerprint density at radius 1 is 1.19 bits per heavy atom. The average Bonchev–Trinajstić information content (AvgIpc) is 2.35. The highest BCUT2D eigenvalue weighted by Crippen LogP contribution is 2.13. The quantitative estimate of drug-likeness (QED) is 0.872. The van der Waals surface area contributed by atoms with Gasteiger partial charge in [0, 0.05) is 18.6 Å². The molecule has 1 amide bonds. The van der Waals surface area contributed by atoms with Gasteiger partial charge in [0.2, 0.25) is 0 Å². The Balaban J connectivity index is 2.38. The summed E-state index contributed by atoms with van der Waals surface area (Å²) >= 11 is 0. The van der Waals surface area contributed by atoms with Crippen molar-refractivity contribution in [3.05, 3.63) is 35.4 Å². The summed E-state index contributed by atoms with van der Waals surface area (Å²) < 4.78 is 5.21. The molecular formula is C17H28N2O2. The summed E-state index contributed by atoms with van der Waals surface area (Å²) in [6.45, 7) is 12.3. The SMILES string of the molecule is Cc1ccc([C@@H](C)NC(C)CNC(=O)OC(C)(C)C)cc1. The molecule has 1 unspecified atom stereocenters. The molecular weight excluding hydrogens is 264 g/mol. The molecule has 0 heterocycles. The third-order valence-corrected chi connectivity index (χ3v) is 3.06. The van der Waals surface area contributed by atoms with Crippen molar-refractivity contribution in [3.63, 3.8) is 0 Å². The van der Waals surface area contributed by atoms with Crippen LogP contribution in [0.5, 0.6) is 0 Å². The molecule has 0 radical (unpaired) electrons. The van der Waals surface area contributed by atoms with Gasteiger partial charge in [-0.05, 0) is 47.1 Å². The lowest BCUT2D eigenvalue weighted by molar-refractivity contribution is 0.0522. The number of nitrogens with one attached hydrogen (secondary N) is 2. The Bertz CT molecular complexity index is 449. The fourth-order valence-electron chi connectivity index (χ4n) is 1.99. The number of amides is 1. The summed E-state index contributed by atoms with van der Waals surface area (Å²) in [5.74, 6) is 0. The molecule has 0 fully saturated rings. The van der Waals surface area contributed by atoms with E-state index in [-0.39, 0.29) is 18.2 Å². The Hall–Kier alpha value is -1.55. The minimum atomic E-state index is -0.462. The summed E-state index contributed by atoms with van der Waals surface area (Å²) in [6, 6.07) is 8.87. The van der Waals surface area contributed by atoms with Crippen LogP contribution >= 0.6 is 0 Å². The average molecular weight is 292 g/mol. The molecule has 0 saturated carbocycles. The molecule has 0 saturated heterocycles. The van der Waals surface area contributed by atoms with Crippen LogP contribution in [0.4, 0.5) is 4.79 Å². The number of carbonyl (C=O) groups excluding carboxylic acids is 1. The van der Waals surface area contributed by atoms with Crippen LogP contribution in [0.1, 0.15) is 51.8 Å². The van der Waals surface area contributed by atoms with Crippen LogP contribution in [0.2, 0.25) is 0 Å². The highest BCUT2D eigenvalue weighted by atomic mass is 16.6. The molecule has 1 rings (SSSR count). The molecule has 0 aliphatic heterocycles. The van der Waals surface area contributed by atoms with Crippen LogP contribution in [0.15, 0.2) is 24.3 Å². The molecule has 0 aliphatic carbocycles. The lowest BCUT2D eigenvalue weighted by Crippen LogP contribution is -2.41. The van der Waals surface area contributed by atoms with E-state index in [1.165, 1.54) is 11.1 Å². The first-order chi connectivity index (χ1) is 9.67. The fourth-order valence-corrected chi connectivity index (χ4v) is 1.99. The lowest BCUT2D eigenvalue weighted by Gasteiger charge is -2.23. The minimum absolute atomic E-state index is 0.161. The zero-order valence-electron chi connectivity index (χ0n) is 14.0. The van der Waals surface area contributed by atoms with E-state index in [9.17, 15) is 4.79 Å². The summed E-state index contributed by atoms with van der Waals surface area (Å²) in [4.78, 5) is 11.6. The third kappa shape index (κ3) is 7.14. The maximum atomic E-state index is 11.6. The summed E-state index contributed by atoms with van der Waals surface area (Å²) in [7, 11) is 0. The molecule has 4 heteroatoms. The number of ether oxygens (including phenoxy) is 1. The van der Waals surface area contributed by atoms with Crippen LogP contribution in [-0.2, 0) is 4.74 Å². The van der Waals surface area contributed by atoms with Crippen molar-refractivity contribution in [1.82, 2.24) is 10.6 Å². The van der Waals surface area contributed by atoms with Crippen LogP contribution in [0.3, 0.4) is 0 Å². The van der Waals surface area contributed by atoms with Crippen molar-refractivity contribution in [2.75, 3.05) is 6.54 Å². The second-order valence-corrected chi connectivity index (χ2v) is 6.58. The van der Waals surface area contributed by atoms with Gasteiger partial charge in [-0.1, -0.05) is 29.8 Å². The maximum absolute atomic E-state index is 11.6. The fraction of sp³-hybridized carbons (Fsp3) is 0.588. The first kappa shape index (κ1) is 17.5. The standard InChI is InChI=1S/C17H28N2O2/c1-12-7-9-15(10-8-12)14(3)19-13(2)11-18-16(20)21-17(4,5)6/h7-10,13-14,19H,11H2,1-6H3,(H,18,20)/t13?,14-/m1/s1. The molecule has 4 nitrogen and oxygen atoms in total. The monoisotopic (exact) mass is 292 g/mol. The topological polar surface area (TPSA) is 50.4 Å². The second kappa shape index (κ2) is 7.46. The normalized spacial score (nSPS) is 14.4. The number of benzene rings is 1. The maximum Gasteiger partial charge on any atom is 0.407 e. The van der Waals surface area contributed by atoms with Crippen molar-refractivity contribution in [3.8, 4) is 0 Å². The lowest BCUT2D eigenvalue weighted by atomic mass is 10.1. The van der Waals surface area contributed by atoms with Crippen molar-refractivity contribution in [1.29, 1.82) is 0 Å². The third-order valence-electron chi connectivity index (χ3n) is 3.06. The number of aryl methyl sites for hydroxylation is 1. The van der Waals surface area contributed by atoms with E-state index in [2.05, 4.69) is 48.7 Å². The van der Waals surface area contributed by atoms with E-state index in [4.69, 9.17) is 4.74 Å². The number of carbonyl (C=O) groups is 1. The van der Waals surface area contributed by atoms with Gasteiger partial charge in [0.1, 0.15) is 5.60 Å². The Kier molecular flexibility index (Phi) is 6.21. The predicted molar refractivity (Wildman–Crippen MR) is 86.4 cm³/mol. The minimum Gasteiger partial charge on any atom is -0.444 e. The van der Waals surface area contributed by atoms with E-state index < -0.39 is 5.60 Å². The van der Waals surface area contributed by atoms with E-state index in [1.54, 1.807) is 0 Å². The molecule has 2 atom stereocenters. The molecule has 0 bridgehead atoms. The highest BCUT2D eigenvalue weighted by Gasteiger charge is 2.17. The zero-order valence-corrected chi connectivity index (χ0v) is 14.0. The van der Waals surface area contributed by atoms with Crippen LogP contribution in [0, 0.1) is 6.92 Å². The van der Waals surface area contributed by atoms with E-state index in [0.29, 0.717) is 6.54 Å². The zero-order chi connectivity index (χ0) is 16.0. The molecule has 21 heavy (non-hydrogen) atoms. The smallest absolute Gasteiger partial charge is 0.407 e. The highest BCUT2D eigenvalue weighted by molar-refractivity contribution is 5.67. The van der Waals surface area contributed by atoms with Crippen LogP contribution < -0.4 is 10.6 Å². The van der Waals surface area contributed by atoms with Gasteiger partial charge in [-0.15, -0.1) is 0 Å². The largest absolute Gasteiger partial charge is 0.444 e. The number of hydrogen-bond donors (Lipinski definition) is 2. The van der Waals surface area contributed by atoms with E-state index >= 15 is 0 Å². The van der Waals surface area contributed by atoms with Gasteiger partial charge < -0.3 is 15.4 Å². The molecule has 0 aliphatic rings. The second-order valence-electron chi connectivity index (χ2n) is 6.58. The number of hydrogen-bond acceptors (Lipinski definition) is 3. The van der Waals surface area contributed by atoms with E-state index in [0.717, 1.165) is 0 Å². The number of rotatable bonds is 5. The molecule has 1 aromatic rings. The summed E-state index contributed by atoms with van der Waals surface area (Å²) in [5, 5.41) is 6.24. The first-order valence-corrected chi connectivity index (χ1v) is 7.47. The molecule has 2 N–H and O–H groups in total. The number of alkyl carbamates (subject to hydrolysis) is 1. The van der Waals surface area contributed by atoms with Crippen molar-refractivity contribution >= 4 is 6.09 Å². The van der Waals surface area contributed by atoms with Crippen molar-refractivity contribution in [2.24, 2.45) is 0 Å². The van der Waals surface area contributed by atoms with E-state index in [1.807, 2.05) is 27.7 Å². The molecule has 0 spiro atoms. The van der Waals surface area contributed by atoms with Gasteiger partial charge >= 0.3 is 6.09 Å². The van der Waals surface area contributed by atoms with Crippen LogP contribution in [-0.4, -0.2) is 24.3 Å². The Morgan fingerprint density at radius 2 is 1.76 bits per heavy atom. The molecule has 1 aromatic carbocycles. The molecule has 0 aromatic heterocycles. The van der Waals surface area contributed by atoms with Crippen LogP contribution in [0.25, 0.3) is 0 Å². The predicted octanol–water partition coefficient (Wildman–Crippen LogP) is 3.56. The van der Waals surface area contributed by atoms with Crippen molar-refractivity contribution < 1.29 is 9.53 Å². The first-order valence-electron chi connectivity index (χ1n) is 7.47.